The summed E-state index contributed by atoms with van der Waals surface area (Å²) in [4.78, 5) is 22.9. The van der Waals surface area contributed by atoms with E-state index in [0.717, 1.165) is 24.2 Å². The molecule has 19 heavy (non-hydrogen) atoms. The topological polar surface area (TPSA) is 52.6 Å². The van der Waals surface area contributed by atoms with Crippen molar-refractivity contribution in [2.75, 3.05) is 13.7 Å². The van der Waals surface area contributed by atoms with E-state index in [0.29, 0.717) is 13.0 Å². The molecule has 0 bridgehead atoms. The molecule has 0 radical (unpaired) electrons. The molecule has 0 unspecified atom stereocenters. The highest BCUT2D eigenvalue weighted by molar-refractivity contribution is 5.85. The number of Topliss-reactive ketones (excluding diaryl/α,β-unsaturated/α-hetero) is 1. The maximum Gasteiger partial charge on any atom is 0.305 e. The molecular weight excluding hydrogens is 244 g/mol. The summed E-state index contributed by atoms with van der Waals surface area (Å²) in [5.74, 6) is 0.549. The van der Waals surface area contributed by atoms with Crippen LogP contribution in [0, 0.1) is 0 Å². The summed E-state index contributed by atoms with van der Waals surface area (Å²) < 4.78 is 10.2. The van der Waals surface area contributed by atoms with Gasteiger partial charge in [0.05, 0.1) is 20.1 Å². The number of para-hydroxylation sites is 1. The highest BCUT2D eigenvalue weighted by Gasteiger charge is 2.16. The first kappa shape index (κ1) is 13.6. The molecule has 1 aromatic rings. The normalized spacial score (nSPS) is 13.3. The van der Waals surface area contributed by atoms with Crippen LogP contribution in [0.5, 0.6) is 5.75 Å². The third-order valence-electron chi connectivity index (χ3n) is 3.24. The highest BCUT2D eigenvalue weighted by atomic mass is 16.5. The van der Waals surface area contributed by atoms with Crippen LogP contribution in [0.4, 0.5) is 0 Å². The standard InChI is InChI=1S/C15H18O4/c1-18-14(17)8-7-13(16)10-12-5-2-4-11-6-3-9-19-15(11)12/h2,4-5H,3,6-10H2,1H3. The van der Waals surface area contributed by atoms with Crippen LogP contribution in [0.3, 0.4) is 0 Å². The fourth-order valence-electron chi connectivity index (χ4n) is 2.24. The Balaban J connectivity index is 1.99. The predicted molar refractivity (Wildman–Crippen MR) is 70.2 cm³/mol. The average molecular weight is 262 g/mol. The molecule has 0 N–H and O–H groups in total. The Morgan fingerprint density at radius 1 is 1.32 bits per heavy atom. The lowest BCUT2D eigenvalue weighted by Crippen LogP contribution is -2.13. The molecule has 0 aliphatic carbocycles. The van der Waals surface area contributed by atoms with Crippen molar-refractivity contribution in [2.24, 2.45) is 0 Å². The molecule has 4 heteroatoms. The van der Waals surface area contributed by atoms with Gasteiger partial charge in [-0.15, -0.1) is 0 Å². The Morgan fingerprint density at radius 2 is 2.16 bits per heavy atom. The van der Waals surface area contributed by atoms with Crippen LogP contribution in [0.25, 0.3) is 0 Å². The van der Waals surface area contributed by atoms with Crippen LogP contribution < -0.4 is 4.74 Å². The zero-order valence-electron chi connectivity index (χ0n) is 11.1. The Bertz CT molecular complexity index is 479. The zero-order chi connectivity index (χ0) is 13.7. The Hall–Kier alpha value is -1.84. The van der Waals surface area contributed by atoms with Crippen LogP contribution in [-0.4, -0.2) is 25.5 Å². The number of aryl methyl sites for hydroxylation is 1. The Morgan fingerprint density at radius 3 is 2.95 bits per heavy atom. The minimum Gasteiger partial charge on any atom is -0.493 e. The number of rotatable bonds is 5. The molecule has 0 spiro atoms. The number of fused-ring (bicyclic) bond motifs is 1. The Kier molecular flexibility index (Phi) is 4.55. The van der Waals surface area contributed by atoms with E-state index in [1.807, 2.05) is 18.2 Å². The molecule has 0 aromatic heterocycles. The monoisotopic (exact) mass is 262 g/mol. The summed E-state index contributed by atoms with van der Waals surface area (Å²) in [6, 6.07) is 5.91. The predicted octanol–water partition coefficient (Wildman–Crippen LogP) is 2.08. The van der Waals surface area contributed by atoms with Gasteiger partial charge in [0.25, 0.3) is 0 Å². The minimum absolute atomic E-state index is 0.0352. The zero-order valence-corrected chi connectivity index (χ0v) is 11.1. The summed E-state index contributed by atoms with van der Waals surface area (Å²) in [5.41, 5.74) is 2.09. The van der Waals surface area contributed by atoms with Gasteiger partial charge in [-0.1, -0.05) is 18.2 Å². The lowest BCUT2D eigenvalue weighted by atomic mass is 9.98. The van der Waals surface area contributed by atoms with Gasteiger partial charge in [-0.05, 0) is 18.4 Å². The van der Waals surface area contributed by atoms with Gasteiger partial charge in [0, 0.05) is 18.4 Å². The first-order valence-corrected chi connectivity index (χ1v) is 6.53. The average Bonchev–Trinajstić information content (AvgIpc) is 2.45. The number of carbonyl (C=O) groups is 2. The van der Waals surface area contributed by atoms with Gasteiger partial charge in [0.2, 0.25) is 0 Å². The first-order chi connectivity index (χ1) is 9.20. The van der Waals surface area contributed by atoms with Crippen molar-refractivity contribution in [3.63, 3.8) is 0 Å². The second-order valence-corrected chi connectivity index (χ2v) is 4.65. The fourth-order valence-corrected chi connectivity index (χ4v) is 2.24. The number of benzene rings is 1. The number of ketones is 1. The third-order valence-corrected chi connectivity index (χ3v) is 3.24. The van der Waals surface area contributed by atoms with Crippen molar-refractivity contribution in [3.05, 3.63) is 29.3 Å². The molecule has 2 rings (SSSR count). The molecule has 1 aliphatic rings. The summed E-state index contributed by atoms with van der Waals surface area (Å²) in [6.45, 7) is 0.709. The largest absolute Gasteiger partial charge is 0.493 e. The van der Waals surface area contributed by atoms with E-state index in [1.54, 1.807) is 0 Å². The number of hydrogen-bond acceptors (Lipinski definition) is 4. The van der Waals surface area contributed by atoms with Gasteiger partial charge in [0.15, 0.2) is 0 Å². The number of esters is 1. The second-order valence-electron chi connectivity index (χ2n) is 4.65. The van der Waals surface area contributed by atoms with Crippen molar-refractivity contribution < 1.29 is 19.1 Å². The molecule has 1 heterocycles. The number of carbonyl (C=O) groups excluding carboxylic acids is 2. The van der Waals surface area contributed by atoms with E-state index in [9.17, 15) is 9.59 Å². The number of methoxy groups -OCH3 is 1. The van der Waals surface area contributed by atoms with Crippen molar-refractivity contribution in [1.82, 2.24) is 0 Å². The summed E-state index contributed by atoms with van der Waals surface area (Å²) in [6.07, 6.45) is 2.70. The van der Waals surface area contributed by atoms with Gasteiger partial charge in [0.1, 0.15) is 11.5 Å². The minimum atomic E-state index is -0.348. The van der Waals surface area contributed by atoms with Crippen LogP contribution in [0.2, 0.25) is 0 Å². The summed E-state index contributed by atoms with van der Waals surface area (Å²) in [5, 5.41) is 0. The van der Waals surface area contributed by atoms with Gasteiger partial charge < -0.3 is 9.47 Å². The molecule has 0 saturated carbocycles. The molecule has 0 fully saturated rings. The molecule has 0 saturated heterocycles. The molecular formula is C15H18O4. The Labute approximate surface area is 112 Å². The van der Waals surface area contributed by atoms with Crippen LogP contribution in [-0.2, 0) is 27.2 Å². The molecule has 102 valence electrons. The summed E-state index contributed by atoms with van der Waals surface area (Å²) in [7, 11) is 1.33. The third kappa shape index (κ3) is 3.56. The molecule has 1 aromatic carbocycles. The van der Waals surface area contributed by atoms with Gasteiger partial charge >= 0.3 is 5.97 Å². The molecule has 0 amide bonds. The smallest absolute Gasteiger partial charge is 0.305 e. The molecule has 0 atom stereocenters. The van der Waals surface area contributed by atoms with E-state index < -0.39 is 0 Å². The van der Waals surface area contributed by atoms with Gasteiger partial charge in [-0.2, -0.15) is 0 Å². The van der Waals surface area contributed by atoms with Crippen LogP contribution in [0.1, 0.15) is 30.4 Å². The maximum atomic E-state index is 11.9. The van der Waals surface area contributed by atoms with Crippen molar-refractivity contribution >= 4 is 11.8 Å². The molecule has 4 nitrogen and oxygen atoms in total. The van der Waals surface area contributed by atoms with Crippen molar-refractivity contribution in [3.8, 4) is 5.75 Å². The number of hydrogen-bond donors (Lipinski definition) is 0. The highest BCUT2D eigenvalue weighted by Crippen LogP contribution is 2.29. The van der Waals surface area contributed by atoms with Crippen LogP contribution >= 0.6 is 0 Å². The SMILES string of the molecule is COC(=O)CCC(=O)Cc1cccc2c1OCCC2. The van der Waals surface area contributed by atoms with E-state index >= 15 is 0 Å². The van der Waals surface area contributed by atoms with Crippen LogP contribution in [0.15, 0.2) is 18.2 Å². The maximum absolute atomic E-state index is 11.9. The number of ether oxygens (including phenoxy) is 2. The van der Waals surface area contributed by atoms with Gasteiger partial charge in [-0.25, -0.2) is 0 Å². The van der Waals surface area contributed by atoms with E-state index in [1.165, 1.54) is 12.7 Å². The molecule has 1 aliphatic heterocycles. The van der Waals surface area contributed by atoms with E-state index in [-0.39, 0.29) is 24.6 Å². The van der Waals surface area contributed by atoms with Crippen molar-refractivity contribution in [2.45, 2.75) is 32.1 Å². The first-order valence-electron chi connectivity index (χ1n) is 6.53. The van der Waals surface area contributed by atoms with Crippen molar-refractivity contribution in [1.29, 1.82) is 0 Å². The van der Waals surface area contributed by atoms with Gasteiger partial charge in [-0.3, -0.25) is 9.59 Å². The second kappa shape index (κ2) is 6.36. The lowest BCUT2D eigenvalue weighted by Gasteiger charge is -2.20. The summed E-state index contributed by atoms with van der Waals surface area (Å²) >= 11 is 0. The quantitative estimate of drug-likeness (QED) is 0.762. The lowest BCUT2D eigenvalue weighted by molar-refractivity contribution is -0.141. The fraction of sp³-hybridized carbons (Fsp3) is 0.467. The van der Waals surface area contributed by atoms with E-state index in [4.69, 9.17) is 4.74 Å². The van der Waals surface area contributed by atoms with E-state index in [2.05, 4.69) is 4.74 Å².